The summed E-state index contributed by atoms with van der Waals surface area (Å²) in [5.41, 5.74) is -0.957. The summed E-state index contributed by atoms with van der Waals surface area (Å²) in [6, 6.07) is -0.562. The van der Waals surface area contributed by atoms with E-state index in [9.17, 15) is 22.8 Å². The predicted octanol–water partition coefficient (Wildman–Crippen LogP) is 3.37. The van der Waals surface area contributed by atoms with Gasteiger partial charge in [0.25, 0.3) is 0 Å². The Kier molecular flexibility index (Phi) is 6.79. The van der Waals surface area contributed by atoms with Gasteiger partial charge >= 0.3 is 12.1 Å². The minimum absolute atomic E-state index is 0.00803. The second-order valence-electron chi connectivity index (χ2n) is 4.70. The van der Waals surface area contributed by atoms with Gasteiger partial charge in [-0.15, -0.1) is 11.3 Å². The van der Waals surface area contributed by atoms with Crippen molar-refractivity contribution in [1.29, 1.82) is 0 Å². The van der Waals surface area contributed by atoms with Crippen LogP contribution in [0.2, 0.25) is 0 Å². The Hall–Kier alpha value is -1.64. The molecule has 1 aromatic rings. The zero-order valence-corrected chi connectivity index (χ0v) is 12.8. The minimum atomic E-state index is -4.49. The number of hydrogen-bond donors (Lipinski definition) is 2. The summed E-state index contributed by atoms with van der Waals surface area (Å²) < 4.78 is 37.5. The molecule has 0 spiro atoms. The van der Waals surface area contributed by atoms with Gasteiger partial charge in [-0.3, -0.25) is 9.59 Å². The van der Waals surface area contributed by atoms with Crippen LogP contribution in [0, 0.1) is 0 Å². The van der Waals surface area contributed by atoms with Gasteiger partial charge in [0, 0.05) is 18.2 Å². The lowest BCUT2D eigenvalue weighted by atomic mass is 10.1. The standard InChI is InChI=1S/C13H17F3N2O3S/c1-2-8(12-18-9(7-22-12)13(14,15)16)17-10(19)5-3-4-6-11(20)21/h7-8H,2-6H2,1H3,(H,17,19)(H,20,21). The smallest absolute Gasteiger partial charge is 0.434 e. The number of carbonyl (C=O) groups is 2. The molecule has 0 aromatic carbocycles. The molecule has 0 aliphatic rings. The number of nitrogens with one attached hydrogen (secondary N) is 1. The normalized spacial score (nSPS) is 12.9. The van der Waals surface area contributed by atoms with Crippen molar-refractivity contribution in [2.75, 3.05) is 0 Å². The van der Waals surface area contributed by atoms with Crippen LogP contribution in [0.5, 0.6) is 0 Å². The molecule has 2 N–H and O–H groups in total. The summed E-state index contributed by atoms with van der Waals surface area (Å²) in [5.74, 6) is -1.24. The molecule has 0 radical (unpaired) electrons. The van der Waals surface area contributed by atoms with Crippen molar-refractivity contribution in [2.45, 2.75) is 51.2 Å². The second kappa shape index (κ2) is 8.11. The lowest BCUT2D eigenvalue weighted by Gasteiger charge is -2.14. The maximum Gasteiger partial charge on any atom is 0.434 e. The van der Waals surface area contributed by atoms with Gasteiger partial charge in [0.15, 0.2) is 5.69 Å². The Bertz CT molecular complexity index is 517. The first-order chi connectivity index (χ1) is 10.2. The third-order valence-corrected chi connectivity index (χ3v) is 3.86. The Balaban J connectivity index is 2.52. The van der Waals surface area contributed by atoms with Crippen LogP contribution in [0.4, 0.5) is 13.2 Å². The Morgan fingerprint density at radius 1 is 1.36 bits per heavy atom. The number of halogens is 3. The molecular weight excluding hydrogens is 321 g/mol. The molecular formula is C13H17F3N2O3S. The molecule has 9 heteroatoms. The highest BCUT2D eigenvalue weighted by molar-refractivity contribution is 7.09. The number of aromatic nitrogens is 1. The molecule has 124 valence electrons. The number of unbranched alkanes of at least 4 members (excludes halogenated alkanes) is 1. The molecule has 0 bridgehead atoms. The summed E-state index contributed by atoms with van der Waals surface area (Å²) in [6.07, 6.45) is -3.14. The second-order valence-corrected chi connectivity index (χ2v) is 5.59. The molecule has 5 nitrogen and oxygen atoms in total. The number of nitrogens with zero attached hydrogens (tertiary/aromatic N) is 1. The summed E-state index contributed by atoms with van der Waals surface area (Å²) in [6.45, 7) is 1.74. The monoisotopic (exact) mass is 338 g/mol. The number of thiazole rings is 1. The van der Waals surface area contributed by atoms with Gasteiger partial charge in [0.05, 0.1) is 6.04 Å². The SMILES string of the molecule is CCC(NC(=O)CCCCC(=O)O)c1nc(C(F)(F)F)cs1. The van der Waals surface area contributed by atoms with Gasteiger partial charge in [-0.05, 0) is 19.3 Å². The first kappa shape index (κ1) is 18.4. The minimum Gasteiger partial charge on any atom is -0.481 e. The fourth-order valence-corrected chi connectivity index (χ4v) is 2.70. The van der Waals surface area contributed by atoms with Crippen molar-refractivity contribution in [3.05, 3.63) is 16.1 Å². The maximum absolute atomic E-state index is 12.5. The van der Waals surface area contributed by atoms with Crippen molar-refractivity contribution in [3.8, 4) is 0 Å². The van der Waals surface area contributed by atoms with Crippen LogP contribution in [0.1, 0.15) is 55.8 Å². The van der Waals surface area contributed by atoms with Crippen molar-refractivity contribution in [3.63, 3.8) is 0 Å². The van der Waals surface area contributed by atoms with Crippen LogP contribution in [0.25, 0.3) is 0 Å². The molecule has 0 fully saturated rings. The Morgan fingerprint density at radius 2 is 2.00 bits per heavy atom. The molecule has 1 aromatic heterocycles. The van der Waals surface area contributed by atoms with E-state index < -0.39 is 23.9 Å². The highest BCUT2D eigenvalue weighted by atomic mass is 32.1. The van der Waals surface area contributed by atoms with Gasteiger partial charge in [-0.25, -0.2) is 4.98 Å². The summed E-state index contributed by atoms with van der Waals surface area (Å²) in [7, 11) is 0. The van der Waals surface area contributed by atoms with Crippen LogP contribution in [-0.4, -0.2) is 22.0 Å². The van der Waals surface area contributed by atoms with Crippen molar-refractivity contribution in [1.82, 2.24) is 10.3 Å². The number of carboxylic acids is 1. The summed E-state index contributed by atoms with van der Waals surface area (Å²) >= 11 is 0.860. The van der Waals surface area contributed by atoms with Gasteiger partial charge in [0.2, 0.25) is 5.91 Å². The number of alkyl halides is 3. The number of amides is 1. The fraction of sp³-hybridized carbons (Fsp3) is 0.615. The van der Waals surface area contributed by atoms with Crippen molar-refractivity contribution < 1.29 is 27.9 Å². The molecule has 0 aliphatic heterocycles. The highest BCUT2D eigenvalue weighted by Gasteiger charge is 2.34. The van der Waals surface area contributed by atoms with Crippen LogP contribution in [0.15, 0.2) is 5.38 Å². The summed E-state index contributed by atoms with van der Waals surface area (Å²) in [5, 5.41) is 12.3. The Labute approximate surface area is 129 Å². The molecule has 1 heterocycles. The maximum atomic E-state index is 12.5. The first-order valence-corrected chi connectivity index (χ1v) is 7.65. The number of rotatable bonds is 8. The van der Waals surface area contributed by atoms with E-state index in [0.717, 1.165) is 16.7 Å². The predicted molar refractivity (Wildman–Crippen MR) is 74.4 cm³/mol. The zero-order valence-electron chi connectivity index (χ0n) is 11.9. The van der Waals surface area contributed by atoms with Crippen LogP contribution >= 0.6 is 11.3 Å². The number of hydrogen-bond acceptors (Lipinski definition) is 4. The lowest BCUT2D eigenvalue weighted by Crippen LogP contribution is -2.28. The quantitative estimate of drug-likeness (QED) is 0.712. The molecule has 1 amide bonds. The molecule has 22 heavy (non-hydrogen) atoms. The number of carboxylic acid groups (broad SMARTS) is 1. The van der Waals surface area contributed by atoms with E-state index in [0.29, 0.717) is 19.3 Å². The molecule has 1 atom stereocenters. The average molecular weight is 338 g/mol. The van der Waals surface area contributed by atoms with Gasteiger partial charge in [0.1, 0.15) is 5.01 Å². The lowest BCUT2D eigenvalue weighted by molar-refractivity contribution is -0.141. The van der Waals surface area contributed by atoms with Crippen LogP contribution in [0.3, 0.4) is 0 Å². The van der Waals surface area contributed by atoms with E-state index in [2.05, 4.69) is 10.3 Å². The molecule has 0 saturated carbocycles. The number of carbonyl (C=O) groups excluding carboxylic acids is 1. The van der Waals surface area contributed by atoms with E-state index >= 15 is 0 Å². The summed E-state index contributed by atoms with van der Waals surface area (Å²) in [4.78, 5) is 25.6. The third kappa shape index (κ3) is 6.00. The zero-order chi connectivity index (χ0) is 16.8. The molecule has 0 saturated heterocycles. The van der Waals surface area contributed by atoms with E-state index in [4.69, 9.17) is 5.11 Å². The first-order valence-electron chi connectivity index (χ1n) is 6.77. The van der Waals surface area contributed by atoms with E-state index in [1.54, 1.807) is 6.92 Å². The van der Waals surface area contributed by atoms with Gasteiger partial charge < -0.3 is 10.4 Å². The van der Waals surface area contributed by atoms with E-state index in [-0.39, 0.29) is 23.8 Å². The van der Waals surface area contributed by atoms with Crippen LogP contribution in [-0.2, 0) is 15.8 Å². The average Bonchev–Trinajstić information content (AvgIpc) is 2.90. The van der Waals surface area contributed by atoms with E-state index in [1.165, 1.54) is 0 Å². The highest BCUT2D eigenvalue weighted by Crippen LogP contribution is 2.32. The molecule has 0 aliphatic carbocycles. The fourth-order valence-electron chi connectivity index (χ4n) is 1.74. The van der Waals surface area contributed by atoms with Crippen molar-refractivity contribution in [2.24, 2.45) is 0 Å². The van der Waals surface area contributed by atoms with Crippen molar-refractivity contribution >= 4 is 23.2 Å². The molecule has 1 unspecified atom stereocenters. The molecule has 1 rings (SSSR count). The van der Waals surface area contributed by atoms with E-state index in [1.807, 2.05) is 0 Å². The third-order valence-electron chi connectivity index (χ3n) is 2.90. The number of aliphatic carboxylic acids is 1. The Morgan fingerprint density at radius 3 is 2.50 bits per heavy atom. The van der Waals surface area contributed by atoms with Gasteiger partial charge in [-0.1, -0.05) is 6.92 Å². The topological polar surface area (TPSA) is 79.3 Å². The largest absolute Gasteiger partial charge is 0.481 e. The van der Waals surface area contributed by atoms with Crippen LogP contribution < -0.4 is 5.32 Å². The van der Waals surface area contributed by atoms with Gasteiger partial charge in [-0.2, -0.15) is 13.2 Å².